The van der Waals surface area contributed by atoms with Crippen molar-refractivity contribution in [2.75, 3.05) is 51.5 Å². The van der Waals surface area contributed by atoms with E-state index in [-0.39, 0.29) is 43.4 Å². The molecule has 212 valence electrons. The Bertz CT molecular complexity index is 1100. The Labute approximate surface area is 227 Å². The molecule has 2 unspecified atom stereocenters. The number of methoxy groups -OCH3 is 1. The summed E-state index contributed by atoms with van der Waals surface area (Å²) in [7, 11) is 1.50. The van der Waals surface area contributed by atoms with Gasteiger partial charge in [-0.05, 0) is 75.4 Å². The van der Waals surface area contributed by atoms with Crippen LogP contribution in [0.15, 0.2) is 18.2 Å². The second-order valence-electron chi connectivity index (χ2n) is 11.3. The monoisotopic (exact) mass is 545 g/mol. The maximum Gasteiger partial charge on any atom is 0.421 e. The molecule has 0 N–H and O–H groups in total. The van der Waals surface area contributed by atoms with Crippen LogP contribution in [0.4, 0.5) is 19.7 Å². The van der Waals surface area contributed by atoms with Gasteiger partial charge < -0.3 is 28.7 Å². The number of hydrogen-bond donors (Lipinski definition) is 0. The van der Waals surface area contributed by atoms with Crippen molar-refractivity contribution in [1.29, 1.82) is 0 Å². The summed E-state index contributed by atoms with van der Waals surface area (Å²) in [5.74, 6) is -0.781. The van der Waals surface area contributed by atoms with E-state index in [2.05, 4.69) is 4.90 Å². The van der Waals surface area contributed by atoms with Crippen molar-refractivity contribution in [1.82, 2.24) is 9.80 Å². The van der Waals surface area contributed by atoms with Crippen molar-refractivity contribution in [2.24, 2.45) is 0 Å². The number of anilines is 1. The predicted octanol–water partition coefficient (Wildman–Crippen LogP) is 3.21. The molecule has 6 rings (SSSR count). The number of imide groups is 1. The molecule has 0 saturated carbocycles. The van der Waals surface area contributed by atoms with E-state index in [1.807, 2.05) is 4.90 Å². The van der Waals surface area contributed by atoms with Gasteiger partial charge >= 0.3 is 12.2 Å². The Kier molecular flexibility index (Phi) is 7.24. The molecule has 1 spiro atoms. The van der Waals surface area contributed by atoms with E-state index in [1.54, 1.807) is 0 Å². The van der Waals surface area contributed by atoms with Crippen molar-refractivity contribution < 1.29 is 37.7 Å². The summed E-state index contributed by atoms with van der Waals surface area (Å²) in [5.41, 5.74) is 0.000269. The van der Waals surface area contributed by atoms with Gasteiger partial charge in [0.15, 0.2) is 0 Å². The van der Waals surface area contributed by atoms with E-state index in [1.165, 1.54) is 25.3 Å². The highest BCUT2D eigenvalue weighted by Crippen LogP contribution is 2.49. The van der Waals surface area contributed by atoms with Gasteiger partial charge in [0.25, 0.3) is 0 Å². The van der Waals surface area contributed by atoms with Crippen LogP contribution < -0.4 is 4.90 Å². The van der Waals surface area contributed by atoms with Gasteiger partial charge in [-0.2, -0.15) is 0 Å². The lowest BCUT2D eigenvalue weighted by atomic mass is 9.73. The Morgan fingerprint density at radius 2 is 1.79 bits per heavy atom. The molecule has 0 aromatic heterocycles. The van der Waals surface area contributed by atoms with Gasteiger partial charge in [-0.15, -0.1) is 0 Å². The van der Waals surface area contributed by atoms with Crippen LogP contribution in [-0.4, -0.2) is 98.7 Å². The molecule has 4 saturated heterocycles. The summed E-state index contributed by atoms with van der Waals surface area (Å²) in [4.78, 5) is 45.0. The summed E-state index contributed by atoms with van der Waals surface area (Å²) in [6.07, 6.45) is 4.29. The SMILES string of the molecule is COCCOC(=O)N1C(=O)C2(CCN(C3CC4CCC(C3)N4C(=O)O[C@@H]3CCOC3)CC2)c2cc(F)ccc21. The number of halogens is 1. The van der Waals surface area contributed by atoms with Crippen molar-refractivity contribution in [3.8, 4) is 0 Å². The fourth-order valence-electron chi connectivity index (χ4n) is 7.29. The van der Waals surface area contributed by atoms with E-state index in [4.69, 9.17) is 18.9 Å². The summed E-state index contributed by atoms with van der Waals surface area (Å²) < 4.78 is 35.6. The number of amides is 3. The van der Waals surface area contributed by atoms with Crippen molar-refractivity contribution >= 4 is 23.8 Å². The molecule has 4 fully saturated rings. The molecule has 5 aliphatic rings. The van der Waals surface area contributed by atoms with Gasteiger partial charge in [0.05, 0.1) is 30.9 Å². The van der Waals surface area contributed by atoms with Gasteiger partial charge in [0, 0.05) is 31.7 Å². The Morgan fingerprint density at radius 1 is 1.05 bits per heavy atom. The van der Waals surface area contributed by atoms with Crippen LogP contribution >= 0.6 is 0 Å². The van der Waals surface area contributed by atoms with Crippen LogP contribution in [0.25, 0.3) is 0 Å². The van der Waals surface area contributed by atoms with Crippen molar-refractivity contribution in [2.45, 2.75) is 74.6 Å². The molecule has 1 aromatic rings. The lowest BCUT2D eigenvalue weighted by Crippen LogP contribution is -2.56. The predicted molar refractivity (Wildman–Crippen MR) is 137 cm³/mol. The molecule has 5 aliphatic heterocycles. The minimum Gasteiger partial charge on any atom is -0.446 e. The average Bonchev–Trinajstić information content (AvgIpc) is 3.60. The highest BCUT2D eigenvalue weighted by Gasteiger charge is 2.56. The number of likely N-dealkylation sites (tertiary alicyclic amines) is 1. The minimum atomic E-state index is -0.957. The third kappa shape index (κ3) is 4.68. The van der Waals surface area contributed by atoms with Crippen molar-refractivity contribution in [3.05, 3.63) is 29.6 Å². The first-order valence-electron chi connectivity index (χ1n) is 14.0. The fourth-order valence-corrected chi connectivity index (χ4v) is 7.29. The van der Waals surface area contributed by atoms with Gasteiger partial charge in [-0.1, -0.05) is 0 Å². The topological polar surface area (TPSA) is 97.9 Å². The number of carbonyl (C=O) groups excluding carboxylic acids is 3. The van der Waals surface area contributed by atoms with Crippen LogP contribution in [-0.2, 0) is 29.2 Å². The number of nitrogens with zero attached hydrogens (tertiary/aromatic N) is 3. The number of benzene rings is 1. The third-order valence-corrected chi connectivity index (χ3v) is 9.27. The molecule has 5 heterocycles. The van der Waals surface area contributed by atoms with Crippen LogP contribution in [0.3, 0.4) is 0 Å². The quantitative estimate of drug-likeness (QED) is 0.521. The second-order valence-corrected chi connectivity index (χ2v) is 11.3. The zero-order chi connectivity index (χ0) is 27.1. The molecule has 2 bridgehead atoms. The lowest BCUT2D eigenvalue weighted by Gasteiger charge is -2.46. The zero-order valence-electron chi connectivity index (χ0n) is 22.3. The maximum absolute atomic E-state index is 14.4. The largest absolute Gasteiger partial charge is 0.446 e. The number of fused-ring (bicyclic) bond motifs is 4. The summed E-state index contributed by atoms with van der Waals surface area (Å²) in [5, 5.41) is 0. The zero-order valence-corrected chi connectivity index (χ0v) is 22.3. The summed E-state index contributed by atoms with van der Waals surface area (Å²) in [6, 6.07) is 4.76. The lowest BCUT2D eigenvalue weighted by molar-refractivity contribution is -0.125. The Balaban J connectivity index is 1.13. The van der Waals surface area contributed by atoms with E-state index in [0.29, 0.717) is 56.4 Å². The molecular weight excluding hydrogens is 509 g/mol. The normalized spacial score (nSPS) is 29.6. The van der Waals surface area contributed by atoms with Gasteiger partial charge in [-0.3, -0.25) is 4.79 Å². The van der Waals surface area contributed by atoms with Crippen LogP contribution in [0, 0.1) is 5.82 Å². The first kappa shape index (κ1) is 26.5. The molecule has 0 radical (unpaired) electrons. The highest BCUT2D eigenvalue weighted by molar-refractivity contribution is 6.21. The molecule has 11 heteroatoms. The Morgan fingerprint density at radius 3 is 2.46 bits per heavy atom. The van der Waals surface area contributed by atoms with Gasteiger partial charge in [-0.25, -0.2) is 18.9 Å². The highest BCUT2D eigenvalue weighted by atomic mass is 19.1. The summed E-state index contributed by atoms with van der Waals surface area (Å²) in [6.45, 7) is 2.67. The number of ether oxygens (including phenoxy) is 4. The number of carbonyl (C=O) groups is 3. The average molecular weight is 546 g/mol. The molecule has 0 aliphatic carbocycles. The molecule has 10 nitrogen and oxygen atoms in total. The number of hydrogen-bond acceptors (Lipinski definition) is 8. The maximum atomic E-state index is 14.4. The number of piperidine rings is 2. The Hall–Kier alpha value is -2.76. The third-order valence-electron chi connectivity index (χ3n) is 9.27. The van der Waals surface area contributed by atoms with Crippen molar-refractivity contribution in [3.63, 3.8) is 0 Å². The van der Waals surface area contributed by atoms with E-state index >= 15 is 0 Å². The van der Waals surface area contributed by atoms with E-state index in [9.17, 15) is 18.8 Å². The van der Waals surface area contributed by atoms with E-state index < -0.39 is 17.3 Å². The molecular formula is C28H36FN3O7. The minimum absolute atomic E-state index is 0.0272. The smallest absolute Gasteiger partial charge is 0.421 e. The molecule has 3 amide bonds. The van der Waals surface area contributed by atoms with Gasteiger partial charge in [0.2, 0.25) is 5.91 Å². The van der Waals surface area contributed by atoms with Gasteiger partial charge in [0.1, 0.15) is 18.5 Å². The standard InChI is InChI=1S/C28H36FN3O7/c1-36-12-13-38-26(34)32-24-5-2-18(29)14-23(24)28(25(32)33)7-9-30(10-8-28)21-15-19-3-4-20(16-21)31(19)27(35)39-22-6-11-37-17-22/h2,5,14,19-22H,3-4,6-13,15-17H2,1H3/t19?,20?,21?,22-/m1/s1. The fraction of sp³-hybridized carbons (Fsp3) is 0.679. The van der Waals surface area contributed by atoms with Crippen LogP contribution in [0.2, 0.25) is 0 Å². The first-order chi connectivity index (χ1) is 18.9. The molecule has 39 heavy (non-hydrogen) atoms. The first-order valence-corrected chi connectivity index (χ1v) is 14.0. The molecule has 1 aromatic carbocycles. The summed E-state index contributed by atoms with van der Waals surface area (Å²) >= 11 is 0. The molecule has 3 atom stereocenters. The number of rotatable bonds is 5. The second kappa shape index (κ2) is 10.7. The van der Waals surface area contributed by atoms with Crippen LogP contribution in [0.5, 0.6) is 0 Å². The van der Waals surface area contributed by atoms with E-state index in [0.717, 1.165) is 37.0 Å². The van der Waals surface area contributed by atoms with Crippen LogP contribution in [0.1, 0.15) is 50.5 Å².